The standard InChI is InChI=1S/C14H21NO2/c1-9-5-10(2)14(11(3)6-9)12(8-15)7-13(16)17-4/h5-6,12H,7-8,15H2,1-4H3. The fourth-order valence-electron chi connectivity index (χ4n) is 2.42. The van der Waals surface area contributed by atoms with Gasteiger partial charge in [-0.05, 0) is 44.0 Å². The minimum Gasteiger partial charge on any atom is -0.469 e. The topological polar surface area (TPSA) is 52.3 Å². The van der Waals surface area contributed by atoms with Gasteiger partial charge in [0, 0.05) is 5.92 Å². The molecule has 0 aliphatic carbocycles. The molecule has 0 heterocycles. The molecule has 3 heteroatoms. The molecule has 0 aromatic heterocycles. The zero-order valence-electron chi connectivity index (χ0n) is 11.0. The number of hydrogen-bond acceptors (Lipinski definition) is 3. The van der Waals surface area contributed by atoms with Crippen LogP contribution in [0.1, 0.15) is 34.6 Å². The van der Waals surface area contributed by atoms with Crippen molar-refractivity contribution in [3.63, 3.8) is 0 Å². The van der Waals surface area contributed by atoms with Gasteiger partial charge in [-0.2, -0.15) is 0 Å². The average molecular weight is 235 g/mol. The van der Waals surface area contributed by atoms with Crippen LogP contribution in [-0.4, -0.2) is 19.6 Å². The lowest BCUT2D eigenvalue weighted by atomic mass is 9.87. The highest BCUT2D eigenvalue weighted by Gasteiger charge is 2.18. The summed E-state index contributed by atoms with van der Waals surface area (Å²) in [4.78, 5) is 11.4. The van der Waals surface area contributed by atoms with Crippen LogP contribution in [0.5, 0.6) is 0 Å². The molecule has 3 nitrogen and oxygen atoms in total. The van der Waals surface area contributed by atoms with Gasteiger partial charge in [-0.25, -0.2) is 0 Å². The Labute approximate surface area is 103 Å². The zero-order valence-corrected chi connectivity index (χ0v) is 11.0. The van der Waals surface area contributed by atoms with Crippen molar-refractivity contribution in [3.8, 4) is 0 Å². The van der Waals surface area contributed by atoms with E-state index in [1.807, 2.05) is 0 Å². The molecule has 0 amide bonds. The molecule has 0 saturated heterocycles. The number of carbonyl (C=O) groups is 1. The molecule has 1 atom stereocenters. The quantitative estimate of drug-likeness (QED) is 0.814. The van der Waals surface area contributed by atoms with Gasteiger partial charge in [-0.15, -0.1) is 0 Å². The highest BCUT2D eigenvalue weighted by Crippen LogP contribution is 2.27. The molecule has 94 valence electrons. The SMILES string of the molecule is COC(=O)CC(CN)c1c(C)cc(C)cc1C. The van der Waals surface area contributed by atoms with Crippen LogP contribution < -0.4 is 5.73 Å². The van der Waals surface area contributed by atoms with Gasteiger partial charge in [0.25, 0.3) is 0 Å². The van der Waals surface area contributed by atoms with Crippen LogP contribution in [0, 0.1) is 20.8 Å². The Kier molecular flexibility index (Phi) is 4.70. The Balaban J connectivity index is 3.07. The largest absolute Gasteiger partial charge is 0.469 e. The maximum absolute atomic E-state index is 11.4. The van der Waals surface area contributed by atoms with E-state index in [1.165, 1.54) is 29.4 Å². The van der Waals surface area contributed by atoms with Gasteiger partial charge in [0.05, 0.1) is 13.5 Å². The molecule has 0 aliphatic rings. The van der Waals surface area contributed by atoms with E-state index >= 15 is 0 Å². The van der Waals surface area contributed by atoms with Gasteiger partial charge in [-0.1, -0.05) is 17.7 Å². The van der Waals surface area contributed by atoms with Crippen molar-refractivity contribution < 1.29 is 9.53 Å². The lowest BCUT2D eigenvalue weighted by Gasteiger charge is -2.19. The van der Waals surface area contributed by atoms with Gasteiger partial charge in [0.2, 0.25) is 0 Å². The van der Waals surface area contributed by atoms with Crippen LogP contribution in [-0.2, 0) is 9.53 Å². The Morgan fingerprint density at radius 1 is 1.29 bits per heavy atom. The number of methoxy groups -OCH3 is 1. The molecule has 1 aromatic rings. The first-order valence-corrected chi connectivity index (χ1v) is 5.84. The summed E-state index contributed by atoms with van der Waals surface area (Å²) >= 11 is 0. The fraction of sp³-hybridized carbons (Fsp3) is 0.500. The molecule has 17 heavy (non-hydrogen) atoms. The lowest BCUT2D eigenvalue weighted by Crippen LogP contribution is -2.19. The van der Waals surface area contributed by atoms with Gasteiger partial charge in [0.15, 0.2) is 0 Å². The third-order valence-corrected chi connectivity index (χ3v) is 3.07. The van der Waals surface area contributed by atoms with Crippen molar-refractivity contribution in [2.45, 2.75) is 33.1 Å². The Bertz CT molecular complexity index is 390. The summed E-state index contributed by atoms with van der Waals surface area (Å²) in [6, 6.07) is 4.25. The molecule has 2 N–H and O–H groups in total. The summed E-state index contributed by atoms with van der Waals surface area (Å²) in [5.74, 6) is -0.164. The Hall–Kier alpha value is -1.35. The first-order valence-electron chi connectivity index (χ1n) is 5.84. The predicted molar refractivity (Wildman–Crippen MR) is 69.1 cm³/mol. The summed E-state index contributed by atoms with van der Waals surface area (Å²) in [5.41, 5.74) is 10.6. The number of esters is 1. The van der Waals surface area contributed by atoms with Crippen LogP contribution in [0.4, 0.5) is 0 Å². The number of ether oxygens (including phenoxy) is 1. The van der Waals surface area contributed by atoms with Gasteiger partial charge < -0.3 is 10.5 Å². The molecule has 0 spiro atoms. The van der Waals surface area contributed by atoms with E-state index in [1.54, 1.807) is 0 Å². The fourth-order valence-corrected chi connectivity index (χ4v) is 2.42. The lowest BCUT2D eigenvalue weighted by molar-refractivity contribution is -0.141. The van der Waals surface area contributed by atoms with Crippen LogP contribution >= 0.6 is 0 Å². The number of rotatable bonds is 4. The van der Waals surface area contributed by atoms with Gasteiger partial charge in [-0.3, -0.25) is 4.79 Å². The van der Waals surface area contributed by atoms with E-state index in [-0.39, 0.29) is 11.9 Å². The number of benzene rings is 1. The smallest absolute Gasteiger partial charge is 0.306 e. The molecular formula is C14H21NO2. The van der Waals surface area contributed by atoms with E-state index in [4.69, 9.17) is 10.5 Å². The average Bonchev–Trinajstić information content (AvgIpc) is 2.25. The number of hydrogen-bond donors (Lipinski definition) is 1. The summed E-state index contributed by atoms with van der Waals surface area (Å²) in [5, 5.41) is 0. The Morgan fingerprint density at radius 3 is 2.24 bits per heavy atom. The molecule has 1 rings (SSSR count). The van der Waals surface area contributed by atoms with Crippen molar-refractivity contribution in [2.75, 3.05) is 13.7 Å². The summed E-state index contributed by atoms with van der Waals surface area (Å²) in [6.45, 7) is 6.66. The summed E-state index contributed by atoms with van der Waals surface area (Å²) < 4.78 is 4.71. The molecule has 0 aliphatic heterocycles. The van der Waals surface area contributed by atoms with Gasteiger partial charge >= 0.3 is 5.97 Å². The summed E-state index contributed by atoms with van der Waals surface area (Å²) in [6.07, 6.45) is 0.345. The third kappa shape index (κ3) is 3.30. The molecule has 0 bridgehead atoms. The van der Waals surface area contributed by atoms with Crippen molar-refractivity contribution >= 4 is 5.97 Å². The van der Waals surface area contributed by atoms with E-state index in [9.17, 15) is 4.79 Å². The number of carbonyl (C=O) groups excluding carboxylic acids is 1. The second-order valence-electron chi connectivity index (χ2n) is 4.53. The highest BCUT2D eigenvalue weighted by molar-refractivity contribution is 5.70. The first-order chi connectivity index (χ1) is 7.99. The van der Waals surface area contributed by atoms with E-state index in [0.717, 1.165) is 0 Å². The summed E-state index contributed by atoms with van der Waals surface area (Å²) in [7, 11) is 1.41. The van der Waals surface area contributed by atoms with E-state index < -0.39 is 0 Å². The van der Waals surface area contributed by atoms with Crippen LogP contribution in [0.25, 0.3) is 0 Å². The molecule has 1 aromatic carbocycles. The van der Waals surface area contributed by atoms with E-state index in [0.29, 0.717) is 13.0 Å². The van der Waals surface area contributed by atoms with Crippen molar-refractivity contribution in [2.24, 2.45) is 5.73 Å². The number of aryl methyl sites for hydroxylation is 3. The Morgan fingerprint density at radius 2 is 1.82 bits per heavy atom. The molecule has 0 fully saturated rings. The van der Waals surface area contributed by atoms with E-state index in [2.05, 4.69) is 32.9 Å². The van der Waals surface area contributed by atoms with Crippen LogP contribution in [0.15, 0.2) is 12.1 Å². The van der Waals surface area contributed by atoms with Crippen LogP contribution in [0.3, 0.4) is 0 Å². The predicted octanol–water partition coefficient (Wildman–Crippen LogP) is 2.22. The van der Waals surface area contributed by atoms with Crippen molar-refractivity contribution in [1.82, 2.24) is 0 Å². The van der Waals surface area contributed by atoms with Crippen molar-refractivity contribution in [3.05, 3.63) is 34.4 Å². The maximum Gasteiger partial charge on any atom is 0.306 e. The minimum atomic E-state index is -0.208. The molecule has 0 radical (unpaired) electrons. The first kappa shape index (κ1) is 13.7. The van der Waals surface area contributed by atoms with Gasteiger partial charge in [0.1, 0.15) is 0 Å². The zero-order chi connectivity index (χ0) is 13.0. The second kappa shape index (κ2) is 5.82. The molecule has 0 saturated carbocycles. The van der Waals surface area contributed by atoms with Crippen LogP contribution in [0.2, 0.25) is 0 Å². The monoisotopic (exact) mass is 235 g/mol. The van der Waals surface area contributed by atoms with Crippen molar-refractivity contribution in [1.29, 1.82) is 0 Å². The highest BCUT2D eigenvalue weighted by atomic mass is 16.5. The molecular weight excluding hydrogens is 214 g/mol. The maximum atomic E-state index is 11.4. The molecule has 1 unspecified atom stereocenters. The second-order valence-corrected chi connectivity index (χ2v) is 4.53. The normalized spacial score (nSPS) is 12.3. The third-order valence-electron chi connectivity index (χ3n) is 3.07. The minimum absolute atomic E-state index is 0.0445. The number of nitrogens with two attached hydrogens (primary N) is 1.